The Balaban J connectivity index is 1.38. The monoisotopic (exact) mass is 537 g/mol. The largest absolute Gasteiger partial charge is 0.573 e. The molecule has 3 aromatic rings. The molecule has 0 spiro atoms. The number of nitrogens with zero attached hydrogens (tertiary/aromatic N) is 4. The summed E-state index contributed by atoms with van der Waals surface area (Å²) in [5.41, 5.74) is 1.11. The van der Waals surface area contributed by atoms with E-state index in [1.54, 1.807) is 19.2 Å². The zero-order valence-electron chi connectivity index (χ0n) is 20.0. The van der Waals surface area contributed by atoms with Crippen molar-refractivity contribution >= 4 is 29.0 Å². The van der Waals surface area contributed by atoms with Crippen LogP contribution in [-0.2, 0) is 24.1 Å². The summed E-state index contributed by atoms with van der Waals surface area (Å²) in [4.78, 5) is 24.2. The van der Waals surface area contributed by atoms with Crippen molar-refractivity contribution in [3.63, 3.8) is 0 Å². The first-order valence-electron chi connectivity index (χ1n) is 11.4. The third-order valence-electron chi connectivity index (χ3n) is 4.88. The topological polar surface area (TPSA) is 131 Å². The number of aromatic nitrogens is 4. The van der Waals surface area contributed by atoms with Crippen molar-refractivity contribution in [2.24, 2.45) is 0 Å². The van der Waals surface area contributed by atoms with Gasteiger partial charge in [0.1, 0.15) is 10.8 Å². The summed E-state index contributed by atoms with van der Waals surface area (Å²) in [6.07, 6.45) is -1.94. The third kappa shape index (κ3) is 10.1. The highest BCUT2D eigenvalue weighted by Crippen LogP contribution is 2.23. The molecule has 2 aromatic heterocycles. The summed E-state index contributed by atoms with van der Waals surface area (Å²) < 4.78 is 41.0. The van der Waals surface area contributed by atoms with Crippen molar-refractivity contribution < 1.29 is 27.5 Å². The molecule has 0 aliphatic rings. The number of benzene rings is 1. The van der Waals surface area contributed by atoms with Crippen LogP contribution in [0.25, 0.3) is 0 Å². The first-order chi connectivity index (χ1) is 17.7. The standard InChI is InChI=1S/C23H26F3N7O3S/c1-27-11-12-28-21(35)22-33-32-20(37-22)8-3-2-6-16-9-10-18(31-30-16)29-19(34)14-15-5-4-7-17(13-15)36-23(24,25)26/h4-5,7,9-10,13,27H,2-3,6,8,11-12,14H2,1H3,(H,28,35)(H,29,31,34). The maximum Gasteiger partial charge on any atom is 0.573 e. The number of halogens is 3. The lowest BCUT2D eigenvalue weighted by Crippen LogP contribution is -2.30. The molecular weight excluding hydrogens is 511 g/mol. The number of carbonyl (C=O) groups is 2. The molecule has 0 unspecified atom stereocenters. The van der Waals surface area contributed by atoms with E-state index in [1.807, 2.05) is 0 Å². The number of likely N-dealkylation sites (N-methyl/N-ethyl adjacent to an activating group) is 1. The lowest BCUT2D eigenvalue weighted by Gasteiger charge is -2.10. The quantitative estimate of drug-likeness (QED) is 0.284. The number of ether oxygens (including phenoxy) is 1. The van der Waals surface area contributed by atoms with Crippen LogP contribution in [0.1, 0.15) is 38.9 Å². The Kier molecular flexibility index (Phi) is 10.3. The van der Waals surface area contributed by atoms with E-state index in [2.05, 4.69) is 41.1 Å². The van der Waals surface area contributed by atoms with Crippen molar-refractivity contribution in [3.05, 3.63) is 57.7 Å². The molecule has 37 heavy (non-hydrogen) atoms. The summed E-state index contributed by atoms with van der Waals surface area (Å²) in [5, 5.41) is 25.5. The molecular formula is C23H26F3N7O3S. The van der Waals surface area contributed by atoms with Gasteiger partial charge in [-0.3, -0.25) is 9.59 Å². The zero-order valence-corrected chi connectivity index (χ0v) is 20.8. The van der Waals surface area contributed by atoms with Crippen LogP contribution in [0.3, 0.4) is 0 Å². The Labute approximate surface area is 215 Å². The van der Waals surface area contributed by atoms with Crippen LogP contribution < -0.4 is 20.7 Å². The Hall–Kier alpha value is -3.65. The first kappa shape index (κ1) is 27.9. The number of anilines is 1. The molecule has 3 N–H and O–H groups in total. The molecule has 10 nitrogen and oxygen atoms in total. The minimum Gasteiger partial charge on any atom is -0.406 e. The van der Waals surface area contributed by atoms with E-state index in [0.717, 1.165) is 35.7 Å². The van der Waals surface area contributed by atoms with E-state index < -0.39 is 12.3 Å². The summed E-state index contributed by atoms with van der Waals surface area (Å²) >= 11 is 1.28. The predicted octanol–water partition coefficient (Wildman–Crippen LogP) is 2.92. The van der Waals surface area contributed by atoms with Gasteiger partial charge in [-0.05, 0) is 56.1 Å². The predicted molar refractivity (Wildman–Crippen MR) is 130 cm³/mol. The highest BCUT2D eigenvalue weighted by molar-refractivity contribution is 7.13. The molecule has 0 aliphatic carbocycles. The van der Waals surface area contributed by atoms with Crippen molar-refractivity contribution in [1.29, 1.82) is 0 Å². The average molecular weight is 538 g/mol. The Morgan fingerprint density at radius 3 is 2.54 bits per heavy atom. The Morgan fingerprint density at radius 1 is 1.00 bits per heavy atom. The molecule has 2 heterocycles. The number of rotatable bonds is 13. The number of alkyl halides is 3. The third-order valence-corrected chi connectivity index (χ3v) is 5.86. The second-order valence-corrected chi connectivity index (χ2v) is 8.96. The minimum atomic E-state index is -4.80. The number of hydrogen-bond donors (Lipinski definition) is 3. The van der Waals surface area contributed by atoms with Gasteiger partial charge < -0.3 is 20.7 Å². The normalized spacial score (nSPS) is 11.2. The van der Waals surface area contributed by atoms with Crippen LogP contribution in [0.4, 0.5) is 19.0 Å². The fourth-order valence-corrected chi connectivity index (χ4v) is 3.99. The number of nitrogens with one attached hydrogen (secondary N) is 3. The summed E-state index contributed by atoms with van der Waals surface area (Å²) in [6.45, 7) is 1.19. The van der Waals surface area contributed by atoms with E-state index in [-0.39, 0.29) is 23.9 Å². The molecule has 0 atom stereocenters. The van der Waals surface area contributed by atoms with Crippen LogP contribution in [0.2, 0.25) is 0 Å². The van der Waals surface area contributed by atoms with Crippen molar-refractivity contribution in [2.45, 2.75) is 38.5 Å². The lowest BCUT2D eigenvalue weighted by molar-refractivity contribution is -0.274. The van der Waals surface area contributed by atoms with Crippen LogP contribution in [0.15, 0.2) is 36.4 Å². The van der Waals surface area contributed by atoms with Gasteiger partial charge in [-0.25, -0.2) is 0 Å². The summed E-state index contributed by atoms with van der Waals surface area (Å²) in [7, 11) is 1.81. The maximum atomic E-state index is 12.4. The average Bonchev–Trinajstić information content (AvgIpc) is 3.31. The number of amides is 2. The molecule has 0 aliphatic heterocycles. The van der Waals surface area contributed by atoms with Crippen molar-refractivity contribution in [2.75, 3.05) is 25.5 Å². The Bertz CT molecular complexity index is 1170. The number of hydrogen-bond acceptors (Lipinski definition) is 9. The van der Waals surface area contributed by atoms with Crippen LogP contribution >= 0.6 is 11.3 Å². The molecule has 0 bridgehead atoms. The van der Waals surface area contributed by atoms with Crippen molar-refractivity contribution in [3.8, 4) is 5.75 Å². The van der Waals surface area contributed by atoms with Gasteiger partial charge in [0, 0.05) is 19.5 Å². The summed E-state index contributed by atoms with van der Waals surface area (Å²) in [6, 6.07) is 8.60. The molecule has 198 valence electrons. The molecule has 14 heteroatoms. The SMILES string of the molecule is CNCCNC(=O)c1nnc(CCCCc2ccc(NC(=O)Cc3cccc(OC(F)(F)F)c3)nn2)s1. The van der Waals surface area contributed by atoms with E-state index in [1.165, 1.54) is 23.5 Å². The van der Waals surface area contributed by atoms with Gasteiger partial charge >= 0.3 is 6.36 Å². The van der Waals surface area contributed by atoms with E-state index in [0.29, 0.717) is 36.5 Å². The van der Waals surface area contributed by atoms with Gasteiger partial charge in [0.05, 0.1) is 12.1 Å². The molecule has 0 saturated heterocycles. The highest BCUT2D eigenvalue weighted by Gasteiger charge is 2.31. The fourth-order valence-electron chi connectivity index (χ4n) is 3.19. The molecule has 1 aromatic carbocycles. The molecule has 2 amide bonds. The second-order valence-electron chi connectivity index (χ2n) is 7.90. The van der Waals surface area contributed by atoms with Gasteiger partial charge in [0.15, 0.2) is 5.82 Å². The van der Waals surface area contributed by atoms with Gasteiger partial charge in [0.2, 0.25) is 10.9 Å². The van der Waals surface area contributed by atoms with Gasteiger partial charge in [-0.2, -0.15) is 5.10 Å². The second kappa shape index (κ2) is 13.6. The summed E-state index contributed by atoms with van der Waals surface area (Å²) in [5.74, 6) is -0.825. The van der Waals surface area contributed by atoms with E-state index in [4.69, 9.17) is 0 Å². The van der Waals surface area contributed by atoms with Crippen LogP contribution in [0.5, 0.6) is 5.75 Å². The first-order valence-corrected chi connectivity index (χ1v) is 12.3. The molecule has 0 fully saturated rings. The highest BCUT2D eigenvalue weighted by atomic mass is 32.1. The van der Waals surface area contributed by atoms with Gasteiger partial charge in [-0.15, -0.1) is 28.5 Å². The Morgan fingerprint density at radius 2 is 1.81 bits per heavy atom. The lowest BCUT2D eigenvalue weighted by atomic mass is 10.1. The van der Waals surface area contributed by atoms with Gasteiger partial charge in [-0.1, -0.05) is 23.5 Å². The van der Waals surface area contributed by atoms with Crippen LogP contribution in [0, 0.1) is 0 Å². The molecule has 0 saturated carbocycles. The minimum absolute atomic E-state index is 0.149. The number of unbranched alkanes of at least 4 members (excludes halogenated alkanes) is 1. The smallest absolute Gasteiger partial charge is 0.406 e. The van der Waals surface area contributed by atoms with E-state index >= 15 is 0 Å². The molecule has 3 rings (SSSR count). The van der Waals surface area contributed by atoms with E-state index in [9.17, 15) is 22.8 Å². The van der Waals surface area contributed by atoms with Crippen LogP contribution in [-0.4, -0.2) is 58.7 Å². The maximum absolute atomic E-state index is 12.4. The van der Waals surface area contributed by atoms with Crippen molar-refractivity contribution in [1.82, 2.24) is 31.0 Å². The van der Waals surface area contributed by atoms with Gasteiger partial charge in [0.25, 0.3) is 5.91 Å². The molecule has 0 radical (unpaired) electrons. The zero-order chi connectivity index (χ0) is 26.7. The number of carbonyl (C=O) groups excluding carboxylic acids is 2. The number of aryl methyl sites for hydroxylation is 2. The fraction of sp³-hybridized carbons (Fsp3) is 0.391.